The molecule has 0 spiro atoms. The second-order valence-corrected chi connectivity index (χ2v) is 8.50. The summed E-state index contributed by atoms with van der Waals surface area (Å²) < 4.78 is 30.6. The van der Waals surface area contributed by atoms with Gasteiger partial charge in [0.1, 0.15) is 5.75 Å². The van der Waals surface area contributed by atoms with Crippen molar-refractivity contribution >= 4 is 33.2 Å². The van der Waals surface area contributed by atoms with Crippen LogP contribution in [0.5, 0.6) is 5.75 Å². The number of nitrogens with one attached hydrogen (secondary N) is 1. The molecule has 0 aliphatic heterocycles. The van der Waals surface area contributed by atoms with Crippen LogP contribution in [-0.4, -0.2) is 40.8 Å². The summed E-state index contributed by atoms with van der Waals surface area (Å²) in [6.07, 6.45) is 1.10. The molecule has 1 rings (SSSR count). The highest BCUT2D eigenvalue weighted by molar-refractivity contribution is 7.92. The summed E-state index contributed by atoms with van der Waals surface area (Å²) in [5, 5.41) is 3.12. The standard InChI is InChI=1S/C15H23ClN2O4S/c1-15(2,3)14(19)17-8-9-18(23(5,20)21)12-10-11(16)6-7-13(12)22-4/h6-7,10H,8-9H2,1-5H3,(H,17,19). The number of nitrogens with zero attached hydrogens (tertiary/aromatic N) is 1. The Morgan fingerprint density at radius 3 is 2.43 bits per heavy atom. The molecule has 0 aromatic heterocycles. The van der Waals surface area contributed by atoms with Gasteiger partial charge in [-0.3, -0.25) is 9.10 Å². The van der Waals surface area contributed by atoms with Crippen LogP contribution in [0.25, 0.3) is 0 Å². The molecule has 0 aliphatic carbocycles. The molecule has 0 saturated carbocycles. The number of rotatable bonds is 6. The van der Waals surface area contributed by atoms with Crippen molar-refractivity contribution in [3.63, 3.8) is 0 Å². The maximum absolute atomic E-state index is 12.1. The molecule has 0 saturated heterocycles. The van der Waals surface area contributed by atoms with Crippen LogP contribution < -0.4 is 14.4 Å². The first-order valence-corrected chi connectivity index (χ1v) is 9.29. The number of carbonyl (C=O) groups is 1. The Morgan fingerprint density at radius 1 is 1.35 bits per heavy atom. The largest absolute Gasteiger partial charge is 0.495 e. The average Bonchev–Trinajstić information content (AvgIpc) is 2.40. The predicted molar refractivity (Wildman–Crippen MR) is 92.7 cm³/mol. The summed E-state index contributed by atoms with van der Waals surface area (Å²) in [7, 11) is -2.10. The predicted octanol–water partition coefficient (Wildman–Crippen LogP) is 2.28. The van der Waals surface area contributed by atoms with E-state index in [-0.39, 0.29) is 19.0 Å². The van der Waals surface area contributed by atoms with Gasteiger partial charge in [-0.1, -0.05) is 32.4 Å². The van der Waals surface area contributed by atoms with Crippen LogP contribution in [0, 0.1) is 5.41 Å². The maximum atomic E-state index is 12.1. The van der Waals surface area contributed by atoms with Crippen molar-refractivity contribution in [2.24, 2.45) is 5.41 Å². The van der Waals surface area contributed by atoms with Crippen molar-refractivity contribution in [1.82, 2.24) is 5.32 Å². The van der Waals surface area contributed by atoms with Gasteiger partial charge in [0.05, 0.1) is 25.6 Å². The van der Waals surface area contributed by atoms with E-state index in [0.29, 0.717) is 16.5 Å². The Labute approximate surface area is 142 Å². The zero-order chi connectivity index (χ0) is 17.8. The number of hydrogen-bond donors (Lipinski definition) is 1. The molecule has 1 N–H and O–H groups in total. The molecule has 0 aliphatic rings. The van der Waals surface area contributed by atoms with Crippen LogP contribution >= 0.6 is 11.6 Å². The number of carbonyl (C=O) groups excluding carboxylic acids is 1. The fourth-order valence-electron chi connectivity index (χ4n) is 1.86. The summed E-state index contributed by atoms with van der Waals surface area (Å²) in [5.74, 6) is 0.242. The zero-order valence-electron chi connectivity index (χ0n) is 14.0. The summed E-state index contributed by atoms with van der Waals surface area (Å²) >= 11 is 5.97. The number of ether oxygens (including phenoxy) is 1. The summed E-state index contributed by atoms with van der Waals surface area (Å²) in [6.45, 7) is 5.63. The zero-order valence-corrected chi connectivity index (χ0v) is 15.6. The van der Waals surface area contributed by atoms with Crippen LogP contribution in [0.4, 0.5) is 5.69 Å². The molecule has 23 heavy (non-hydrogen) atoms. The molecule has 1 aromatic rings. The lowest BCUT2D eigenvalue weighted by Crippen LogP contribution is -2.41. The Bertz CT molecular complexity index is 669. The van der Waals surface area contributed by atoms with E-state index in [1.54, 1.807) is 32.9 Å². The molecule has 1 aromatic carbocycles. The van der Waals surface area contributed by atoms with E-state index in [2.05, 4.69) is 5.32 Å². The number of amides is 1. The van der Waals surface area contributed by atoms with Crippen molar-refractivity contribution in [3.05, 3.63) is 23.2 Å². The fraction of sp³-hybridized carbons (Fsp3) is 0.533. The van der Waals surface area contributed by atoms with E-state index in [1.807, 2.05) is 0 Å². The van der Waals surface area contributed by atoms with Crippen LogP contribution in [-0.2, 0) is 14.8 Å². The first-order chi connectivity index (χ1) is 10.5. The molecule has 0 radical (unpaired) electrons. The van der Waals surface area contributed by atoms with E-state index in [4.69, 9.17) is 16.3 Å². The Balaban J connectivity index is 3.00. The van der Waals surface area contributed by atoms with Gasteiger partial charge in [-0.25, -0.2) is 8.42 Å². The first kappa shape index (κ1) is 19.6. The molecule has 0 bridgehead atoms. The summed E-state index contributed by atoms with van der Waals surface area (Å²) in [5.41, 5.74) is -0.198. The Kier molecular flexibility index (Phi) is 6.30. The lowest BCUT2D eigenvalue weighted by molar-refractivity contribution is -0.128. The quantitative estimate of drug-likeness (QED) is 0.842. The molecule has 0 fully saturated rings. The second kappa shape index (κ2) is 7.40. The summed E-state index contributed by atoms with van der Waals surface area (Å²) in [4.78, 5) is 11.9. The van der Waals surface area contributed by atoms with E-state index < -0.39 is 15.4 Å². The second-order valence-electron chi connectivity index (χ2n) is 6.16. The number of methoxy groups -OCH3 is 1. The number of hydrogen-bond acceptors (Lipinski definition) is 4. The van der Waals surface area contributed by atoms with Gasteiger partial charge in [0, 0.05) is 17.0 Å². The molecule has 6 nitrogen and oxygen atoms in total. The molecule has 0 atom stereocenters. The van der Waals surface area contributed by atoms with Crippen molar-refractivity contribution < 1.29 is 17.9 Å². The minimum atomic E-state index is -3.56. The van der Waals surface area contributed by atoms with Crippen molar-refractivity contribution in [3.8, 4) is 5.75 Å². The number of halogens is 1. The third-order valence-corrected chi connectivity index (χ3v) is 4.51. The normalized spacial score (nSPS) is 11.9. The van der Waals surface area contributed by atoms with Gasteiger partial charge in [-0.15, -0.1) is 0 Å². The van der Waals surface area contributed by atoms with Gasteiger partial charge in [-0.05, 0) is 18.2 Å². The van der Waals surface area contributed by atoms with Gasteiger partial charge in [0.2, 0.25) is 15.9 Å². The maximum Gasteiger partial charge on any atom is 0.232 e. The van der Waals surface area contributed by atoms with Gasteiger partial charge in [0.25, 0.3) is 0 Å². The van der Waals surface area contributed by atoms with E-state index in [1.165, 1.54) is 17.5 Å². The highest BCUT2D eigenvalue weighted by Crippen LogP contribution is 2.32. The fourth-order valence-corrected chi connectivity index (χ4v) is 2.95. The smallest absolute Gasteiger partial charge is 0.232 e. The van der Waals surface area contributed by atoms with Gasteiger partial charge >= 0.3 is 0 Å². The molecule has 0 unspecified atom stereocenters. The minimum Gasteiger partial charge on any atom is -0.495 e. The van der Waals surface area contributed by atoms with Crippen molar-refractivity contribution in [2.45, 2.75) is 20.8 Å². The lowest BCUT2D eigenvalue weighted by Gasteiger charge is -2.25. The lowest BCUT2D eigenvalue weighted by atomic mass is 9.96. The SMILES string of the molecule is COc1ccc(Cl)cc1N(CCNC(=O)C(C)(C)C)S(C)(=O)=O. The molecular weight excluding hydrogens is 340 g/mol. The van der Waals surface area contributed by atoms with Crippen molar-refractivity contribution in [2.75, 3.05) is 30.8 Å². The van der Waals surface area contributed by atoms with E-state index in [9.17, 15) is 13.2 Å². The molecular formula is C15H23ClN2O4S. The van der Waals surface area contributed by atoms with Crippen LogP contribution in [0.1, 0.15) is 20.8 Å². The summed E-state index contributed by atoms with van der Waals surface area (Å²) in [6, 6.07) is 4.74. The van der Waals surface area contributed by atoms with E-state index >= 15 is 0 Å². The highest BCUT2D eigenvalue weighted by atomic mass is 35.5. The van der Waals surface area contributed by atoms with E-state index in [0.717, 1.165) is 6.26 Å². The van der Waals surface area contributed by atoms with Crippen molar-refractivity contribution in [1.29, 1.82) is 0 Å². The number of sulfonamides is 1. The number of benzene rings is 1. The van der Waals surface area contributed by atoms with Gasteiger partial charge in [0.15, 0.2) is 0 Å². The average molecular weight is 363 g/mol. The topological polar surface area (TPSA) is 75.7 Å². The third-order valence-electron chi connectivity index (χ3n) is 3.09. The van der Waals surface area contributed by atoms with Gasteiger partial charge in [-0.2, -0.15) is 0 Å². The molecule has 8 heteroatoms. The highest BCUT2D eigenvalue weighted by Gasteiger charge is 2.24. The number of anilines is 1. The van der Waals surface area contributed by atoms with Crippen LogP contribution in [0.2, 0.25) is 5.02 Å². The monoisotopic (exact) mass is 362 g/mol. The molecule has 0 heterocycles. The third kappa shape index (κ3) is 5.58. The Hall–Kier alpha value is -1.47. The molecule has 130 valence electrons. The minimum absolute atomic E-state index is 0.0807. The first-order valence-electron chi connectivity index (χ1n) is 7.06. The van der Waals surface area contributed by atoms with Gasteiger partial charge < -0.3 is 10.1 Å². The Morgan fingerprint density at radius 2 is 1.96 bits per heavy atom. The van der Waals surface area contributed by atoms with Crippen LogP contribution in [0.15, 0.2) is 18.2 Å². The van der Waals surface area contributed by atoms with Crippen LogP contribution in [0.3, 0.4) is 0 Å². The molecule has 1 amide bonds.